The molecule has 0 aliphatic rings. The van der Waals surface area contributed by atoms with Crippen molar-refractivity contribution in [3.63, 3.8) is 0 Å². The third kappa shape index (κ3) is 6.26. The maximum atomic E-state index is 13.7. The SMILES string of the molecule is CN=C(NCC(=O)NCc1ccc(OC)cc1)NC(C)c1ccc(C)c(F)c1. The Morgan fingerprint density at radius 3 is 2.50 bits per heavy atom. The third-order valence-electron chi connectivity index (χ3n) is 4.34. The van der Waals surface area contributed by atoms with Crippen LogP contribution in [0.15, 0.2) is 47.5 Å². The number of aryl methyl sites for hydroxylation is 1. The summed E-state index contributed by atoms with van der Waals surface area (Å²) in [5.41, 5.74) is 2.38. The molecule has 28 heavy (non-hydrogen) atoms. The van der Waals surface area contributed by atoms with Crippen molar-refractivity contribution in [3.05, 3.63) is 65.0 Å². The first-order chi connectivity index (χ1) is 13.4. The Kier molecular flexibility index (Phi) is 7.80. The molecule has 3 N–H and O–H groups in total. The van der Waals surface area contributed by atoms with Gasteiger partial charge in [-0.25, -0.2) is 4.39 Å². The summed E-state index contributed by atoms with van der Waals surface area (Å²) in [6, 6.07) is 12.4. The molecule has 0 saturated heterocycles. The van der Waals surface area contributed by atoms with E-state index in [4.69, 9.17) is 4.74 Å². The molecule has 2 aromatic carbocycles. The largest absolute Gasteiger partial charge is 0.497 e. The minimum atomic E-state index is -0.244. The van der Waals surface area contributed by atoms with Gasteiger partial charge in [-0.2, -0.15) is 0 Å². The number of benzene rings is 2. The molecule has 7 heteroatoms. The summed E-state index contributed by atoms with van der Waals surface area (Å²) in [6.07, 6.45) is 0. The highest BCUT2D eigenvalue weighted by atomic mass is 19.1. The number of ether oxygens (including phenoxy) is 1. The first kappa shape index (κ1) is 21.2. The molecule has 1 unspecified atom stereocenters. The number of rotatable bonds is 7. The number of amides is 1. The molecular formula is C21H27FN4O2. The predicted molar refractivity (Wildman–Crippen MR) is 109 cm³/mol. The van der Waals surface area contributed by atoms with E-state index in [9.17, 15) is 9.18 Å². The molecule has 0 heterocycles. The topological polar surface area (TPSA) is 74.8 Å². The standard InChI is InChI=1S/C21H27FN4O2/c1-14-5-8-17(11-19(14)22)15(2)26-21(23-3)25-13-20(27)24-12-16-6-9-18(28-4)10-7-16/h5-11,15H,12-13H2,1-4H3,(H,24,27)(H2,23,25,26). The number of methoxy groups -OCH3 is 1. The van der Waals surface area contributed by atoms with Crippen LogP contribution in [0.25, 0.3) is 0 Å². The normalized spacial score (nSPS) is 12.2. The first-order valence-electron chi connectivity index (χ1n) is 9.05. The number of hydrogen-bond donors (Lipinski definition) is 3. The zero-order chi connectivity index (χ0) is 20.5. The highest BCUT2D eigenvalue weighted by molar-refractivity contribution is 5.86. The Labute approximate surface area is 165 Å². The lowest BCUT2D eigenvalue weighted by Gasteiger charge is -2.18. The van der Waals surface area contributed by atoms with Crippen LogP contribution in [-0.4, -0.2) is 32.6 Å². The molecule has 0 aliphatic heterocycles. The molecule has 6 nitrogen and oxygen atoms in total. The van der Waals surface area contributed by atoms with Crippen molar-refractivity contribution in [2.75, 3.05) is 20.7 Å². The van der Waals surface area contributed by atoms with Gasteiger partial charge in [-0.05, 0) is 48.7 Å². The second-order valence-corrected chi connectivity index (χ2v) is 6.43. The Bertz CT molecular complexity index is 822. The number of carbonyl (C=O) groups excluding carboxylic acids is 1. The van der Waals surface area contributed by atoms with E-state index < -0.39 is 0 Å². The lowest BCUT2D eigenvalue weighted by atomic mass is 10.1. The summed E-state index contributed by atoms with van der Waals surface area (Å²) in [6.45, 7) is 4.13. The molecule has 0 fully saturated rings. The van der Waals surface area contributed by atoms with Crippen LogP contribution in [0.2, 0.25) is 0 Å². The lowest BCUT2D eigenvalue weighted by Crippen LogP contribution is -2.43. The van der Waals surface area contributed by atoms with E-state index in [1.165, 1.54) is 6.07 Å². The molecule has 2 rings (SSSR count). The summed E-state index contributed by atoms with van der Waals surface area (Å²) >= 11 is 0. The van der Waals surface area contributed by atoms with Crippen molar-refractivity contribution in [1.29, 1.82) is 0 Å². The van der Waals surface area contributed by atoms with Crippen molar-refractivity contribution in [2.24, 2.45) is 4.99 Å². The maximum absolute atomic E-state index is 13.7. The van der Waals surface area contributed by atoms with Gasteiger partial charge in [-0.3, -0.25) is 9.79 Å². The molecule has 0 aliphatic carbocycles. The van der Waals surface area contributed by atoms with E-state index in [1.54, 1.807) is 27.1 Å². The van der Waals surface area contributed by atoms with Gasteiger partial charge in [-0.15, -0.1) is 0 Å². The minimum absolute atomic E-state index is 0.0742. The van der Waals surface area contributed by atoms with Crippen molar-refractivity contribution in [2.45, 2.75) is 26.4 Å². The molecular weight excluding hydrogens is 359 g/mol. The average molecular weight is 386 g/mol. The smallest absolute Gasteiger partial charge is 0.239 e. The molecule has 0 aromatic heterocycles. The monoisotopic (exact) mass is 386 g/mol. The molecule has 0 bridgehead atoms. The van der Waals surface area contributed by atoms with Gasteiger partial charge in [0, 0.05) is 13.6 Å². The van der Waals surface area contributed by atoms with Crippen LogP contribution in [0, 0.1) is 12.7 Å². The number of hydrogen-bond acceptors (Lipinski definition) is 3. The van der Waals surface area contributed by atoms with Gasteiger partial charge in [0.15, 0.2) is 5.96 Å². The molecule has 0 radical (unpaired) electrons. The number of halogens is 1. The fourth-order valence-corrected chi connectivity index (χ4v) is 2.53. The molecule has 1 amide bonds. The number of carbonyl (C=O) groups is 1. The van der Waals surface area contributed by atoms with Crippen molar-refractivity contribution < 1.29 is 13.9 Å². The van der Waals surface area contributed by atoms with Gasteiger partial charge < -0.3 is 20.7 Å². The van der Waals surface area contributed by atoms with Gasteiger partial charge in [0.05, 0.1) is 19.7 Å². The fraction of sp³-hybridized carbons (Fsp3) is 0.333. The summed E-state index contributed by atoms with van der Waals surface area (Å²) < 4.78 is 18.9. The zero-order valence-corrected chi connectivity index (χ0v) is 16.7. The highest BCUT2D eigenvalue weighted by Crippen LogP contribution is 2.16. The van der Waals surface area contributed by atoms with Crippen molar-refractivity contribution >= 4 is 11.9 Å². The summed E-state index contributed by atoms with van der Waals surface area (Å²) in [7, 11) is 3.23. The molecule has 1 atom stereocenters. The summed E-state index contributed by atoms with van der Waals surface area (Å²) in [5, 5.41) is 8.95. The number of aliphatic imine (C=N–C) groups is 1. The Hall–Kier alpha value is -3.09. The summed E-state index contributed by atoms with van der Waals surface area (Å²) in [4.78, 5) is 16.2. The minimum Gasteiger partial charge on any atom is -0.497 e. The molecule has 150 valence electrons. The van der Waals surface area contributed by atoms with Crippen molar-refractivity contribution in [3.8, 4) is 5.75 Å². The number of nitrogens with zero attached hydrogens (tertiary/aromatic N) is 1. The molecule has 0 spiro atoms. The average Bonchev–Trinajstić information content (AvgIpc) is 2.71. The van der Waals surface area contributed by atoms with Crippen LogP contribution >= 0.6 is 0 Å². The van der Waals surface area contributed by atoms with Crippen LogP contribution in [0.1, 0.15) is 29.7 Å². The maximum Gasteiger partial charge on any atom is 0.239 e. The number of nitrogens with one attached hydrogen (secondary N) is 3. The quantitative estimate of drug-likeness (QED) is 0.505. The van der Waals surface area contributed by atoms with E-state index >= 15 is 0 Å². The molecule has 2 aromatic rings. The molecule has 0 saturated carbocycles. The van der Waals surface area contributed by atoms with E-state index in [-0.39, 0.29) is 24.3 Å². The Morgan fingerprint density at radius 1 is 1.18 bits per heavy atom. The first-order valence-corrected chi connectivity index (χ1v) is 9.05. The van der Waals surface area contributed by atoms with Gasteiger partial charge in [0.25, 0.3) is 0 Å². The second kappa shape index (κ2) is 10.3. The van der Waals surface area contributed by atoms with Crippen LogP contribution in [0.3, 0.4) is 0 Å². The second-order valence-electron chi connectivity index (χ2n) is 6.43. The van der Waals surface area contributed by atoms with Gasteiger partial charge in [0.1, 0.15) is 11.6 Å². The van der Waals surface area contributed by atoms with Crippen LogP contribution in [-0.2, 0) is 11.3 Å². The zero-order valence-electron chi connectivity index (χ0n) is 16.7. The van der Waals surface area contributed by atoms with Gasteiger partial charge in [0.2, 0.25) is 5.91 Å². The van der Waals surface area contributed by atoms with Gasteiger partial charge >= 0.3 is 0 Å². The van der Waals surface area contributed by atoms with Crippen LogP contribution in [0.4, 0.5) is 4.39 Å². The fourth-order valence-electron chi connectivity index (χ4n) is 2.53. The van der Waals surface area contributed by atoms with E-state index in [0.29, 0.717) is 18.1 Å². The predicted octanol–water partition coefficient (Wildman–Crippen LogP) is 2.69. The Morgan fingerprint density at radius 2 is 1.89 bits per heavy atom. The van der Waals surface area contributed by atoms with Crippen LogP contribution < -0.4 is 20.7 Å². The lowest BCUT2D eigenvalue weighted by molar-refractivity contribution is -0.120. The Balaban J connectivity index is 1.80. The van der Waals surface area contributed by atoms with E-state index in [2.05, 4.69) is 20.9 Å². The van der Waals surface area contributed by atoms with Gasteiger partial charge in [-0.1, -0.05) is 24.3 Å². The van der Waals surface area contributed by atoms with E-state index in [0.717, 1.165) is 16.9 Å². The van der Waals surface area contributed by atoms with E-state index in [1.807, 2.05) is 37.3 Å². The van der Waals surface area contributed by atoms with Crippen molar-refractivity contribution in [1.82, 2.24) is 16.0 Å². The highest BCUT2D eigenvalue weighted by Gasteiger charge is 2.11. The third-order valence-corrected chi connectivity index (χ3v) is 4.34. The summed E-state index contributed by atoms with van der Waals surface area (Å²) in [5.74, 6) is 0.835. The van der Waals surface area contributed by atoms with Crippen LogP contribution in [0.5, 0.6) is 5.75 Å². The number of guanidine groups is 1.